The van der Waals surface area contributed by atoms with Crippen molar-refractivity contribution in [3.63, 3.8) is 0 Å². The number of fused-ring (bicyclic) bond motifs is 1. The van der Waals surface area contributed by atoms with Crippen LogP contribution in [0.1, 0.15) is 38.8 Å². The third-order valence-electron chi connectivity index (χ3n) is 5.58. The Morgan fingerprint density at radius 1 is 1.12 bits per heavy atom. The number of aromatic nitrogens is 2. The predicted molar refractivity (Wildman–Crippen MR) is 134 cm³/mol. The van der Waals surface area contributed by atoms with Crippen molar-refractivity contribution in [1.82, 2.24) is 19.2 Å². The highest BCUT2D eigenvalue weighted by molar-refractivity contribution is 8.00. The number of nitrogens with one attached hydrogen (secondary N) is 1. The number of aryl methyl sites for hydroxylation is 2. The molecule has 2 aromatic carbocycles. The number of imidazole rings is 1. The van der Waals surface area contributed by atoms with Gasteiger partial charge in [-0.15, -0.1) is 0 Å². The summed E-state index contributed by atoms with van der Waals surface area (Å²) >= 11 is 1.37. The summed E-state index contributed by atoms with van der Waals surface area (Å²) in [5, 5.41) is 3.33. The second kappa shape index (κ2) is 10.7. The highest BCUT2D eigenvalue weighted by Gasteiger charge is 2.24. The molecule has 0 aliphatic carbocycles. The molecule has 0 bridgehead atoms. The second-order valence-corrected chi connectivity index (χ2v) is 11.1. The molecule has 0 aliphatic rings. The molecule has 3 rings (SSSR count). The van der Waals surface area contributed by atoms with Gasteiger partial charge in [0.05, 0.1) is 21.2 Å². The van der Waals surface area contributed by atoms with E-state index in [2.05, 4.69) is 10.3 Å². The first kappa shape index (κ1) is 25.3. The molecule has 0 radical (unpaired) electrons. The van der Waals surface area contributed by atoms with E-state index in [0.29, 0.717) is 36.9 Å². The molecule has 1 amide bonds. The van der Waals surface area contributed by atoms with Crippen molar-refractivity contribution in [2.75, 3.05) is 13.1 Å². The van der Waals surface area contributed by atoms with Crippen molar-refractivity contribution in [2.24, 2.45) is 0 Å². The lowest BCUT2D eigenvalue weighted by molar-refractivity contribution is -0.120. The van der Waals surface area contributed by atoms with E-state index in [1.165, 1.54) is 21.6 Å². The van der Waals surface area contributed by atoms with Gasteiger partial charge in [0.15, 0.2) is 5.16 Å². The Morgan fingerprint density at radius 3 is 2.39 bits per heavy atom. The number of carbonyl (C=O) groups is 1. The van der Waals surface area contributed by atoms with E-state index in [1.807, 2.05) is 63.5 Å². The van der Waals surface area contributed by atoms with Gasteiger partial charge in [-0.25, -0.2) is 13.4 Å². The molecule has 1 N–H and O–H groups in total. The minimum atomic E-state index is -3.56. The van der Waals surface area contributed by atoms with Gasteiger partial charge in [-0.2, -0.15) is 4.31 Å². The molecule has 178 valence electrons. The van der Waals surface area contributed by atoms with Crippen molar-refractivity contribution < 1.29 is 13.2 Å². The molecule has 1 aromatic heterocycles. The third kappa shape index (κ3) is 5.59. The van der Waals surface area contributed by atoms with Crippen LogP contribution in [0.5, 0.6) is 0 Å². The van der Waals surface area contributed by atoms with E-state index < -0.39 is 10.0 Å². The fourth-order valence-electron chi connectivity index (χ4n) is 3.61. The number of hydrogen-bond donors (Lipinski definition) is 1. The van der Waals surface area contributed by atoms with Crippen molar-refractivity contribution in [2.45, 2.75) is 63.0 Å². The van der Waals surface area contributed by atoms with Gasteiger partial charge >= 0.3 is 0 Å². The molecule has 9 heteroatoms. The number of amides is 1. The molecule has 1 heterocycles. The maximum atomic E-state index is 12.9. The van der Waals surface area contributed by atoms with Crippen molar-refractivity contribution >= 4 is 38.7 Å². The number of benzene rings is 2. The summed E-state index contributed by atoms with van der Waals surface area (Å²) in [6.07, 6.45) is 0. The lowest BCUT2D eigenvalue weighted by Crippen LogP contribution is -2.30. The highest BCUT2D eigenvalue weighted by atomic mass is 32.2. The zero-order chi connectivity index (χ0) is 24.2. The number of sulfonamides is 1. The molecular weight excluding hydrogens is 456 g/mol. The molecule has 1 atom stereocenters. The average Bonchev–Trinajstić information content (AvgIpc) is 3.15. The molecule has 1 unspecified atom stereocenters. The summed E-state index contributed by atoms with van der Waals surface area (Å²) in [4.78, 5) is 17.6. The van der Waals surface area contributed by atoms with Gasteiger partial charge in [0, 0.05) is 26.2 Å². The van der Waals surface area contributed by atoms with Crippen molar-refractivity contribution in [3.05, 3.63) is 53.6 Å². The second-order valence-electron chi connectivity index (χ2n) is 7.84. The number of carbonyl (C=O) groups excluding carboxylic acids is 1. The van der Waals surface area contributed by atoms with E-state index >= 15 is 0 Å². The molecule has 3 aromatic rings. The van der Waals surface area contributed by atoms with Gasteiger partial charge in [0.25, 0.3) is 0 Å². The zero-order valence-corrected chi connectivity index (χ0v) is 21.5. The minimum Gasteiger partial charge on any atom is -0.351 e. The van der Waals surface area contributed by atoms with E-state index in [1.54, 1.807) is 18.2 Å². The predicted octanol–water partition coefficient (Wildman–Crippen LogP) is 4.19. The quantitative estimate of drug-likeness (QED) is 0.433. The van der Waals surface area contributed by atoms with Gasteiger partial charge in [0.1, 0.15) is 0 Å². The molecule has 0 aliphatic heterocycles. The Morgan fingerprint density at radius 2 is 1.79 bits per heavy atom. The van der Waals surface area contributed by atoms with Crippen LogP contribution in [0.3, 0.4) is 0 Å². The first-order chi connectivity index (χ1) is 15.7. The smallest absolute Gasteiger partial charge is 0.243 e. The zero-order valence-electron chi connectivity index (χ0n) is 19.8. The van der Waals surface area contributed by atoms with E-state index in [-0.39, 0.29) is 16.1 Å². The van der Waals surface area contributed by atoms with Crippen LogP contribution in [0.25, 0.3) is 11.0 Å². The third-order valence-corrected chi connectivity index (χ3v) is 8.72. The summed E-state index contributed by atoms with van der Waals surface area (Å²) in [6, 6.07) is 13.1. The summed E-state index contributed by atoms with van der Waals surface area (Å²) in [5.74, 6) is -0.0694. The van der Waals surface area contributed by atoms with Crippen LogP contribution in [0, 0.1) is 6.92 Å². The molecule has 0 spiro atoms. The van der Waals surface area contributed by atoms with Gasteiger partial charge < -0.3 is 9.88 Å². The fraction of sp³-hybridized carbons (Fsp3) is 0.417. The van der Waals surface area contributed by atoms with Crippen LogP contribution in [-0.4, -0.2) is 46.5 Å². The highest BCUT2D eigenvalue weighted by Crippen LogP contribution is 2.29. The number of hydrogen-bond acceptors (Lipinski definition) is 5. The summed E-state index contributed by atoms with van der Waals surface area (Å²) < 4.78 is 29.3. The first-order valence-corrected chi connectivity index (χ1v) is 13.5. The van der Waals surface area contributed by atoms with Crippen molar-refractivity contribution in [1.29, 1.82) is 0 Å². The van der Waals surface area contributed by atoms with E-state index in [9.17, 15) is 13.2 Å². The Bertz CT molecular complexity index is 1220. The minimum absolute atomic E-state index is 0.0694. The van der Waals surface area contributed by atoms with Gasteiger partial charge in [0.2, 0.25) is 15.9 Å². The molecule has 0 saturated heterocycles. The van der Waals surface area contributed by atoms with Gasteiger partial charge in [-0.05, 0) is 44.5 Å². The van der Waals surface area contributed by atoms with Crippen LogP contribution in [0.4, 0.5) is 0 Å². The topological polar surface area (TPSA) is 84.3 Å². The largest absolute Gasteiger partial charge is 0.351 e. The average molecular weight is 489 g/mol. The Kier molecular flexibility index (Phi) is 8.20. The fourth-order valence-corrected chi connectivity index (χ4v) is 6.10. The van der Waals surface area contributed by atoms with Crippen LogP contribution in [-0.2, 0) is 27.9 Å². The Labute approximate surface area is 200 Å². The van der Waals surface area contributed by atoms with Gasteiger partial charge in [-0.3, -0.25) is 4.79 Å². The standard InChI is InChI=1S/C24H32N4O3S2/c1-6-27(7-2)33(30,31)20-13-14-22-21(15-20)26-24(28(22)8-3)32-18(5)23(29)25-16-19-11-9-17(4)10-12-19/h9-15,18H,6-8,16H2,1-5H3,(H,25,29). The van der Waals surface area contributed by atoms with Gasteiger partial charge in [-0.1, -0.05) is 55.4 Å². The Hall–Kier alpha value is -2.36. The normalized spacial score (nSPS) is 12.9. The summed E-state index contributed by atoms with van der Waals surface area (Å²) in [7, 11) is -3.56. The molecule has 0 saturated carbocycles. The van der Waals surface area contributed by atoms with Crippen LogP contribution in [0.15, 0.2) is 52.5 Å². The number of nitrogens with zero attached hydrogens (tertiary/aromatic N) is 3. The lowest BCUT2D eigenvalue weighted by atomic mass is 10.1. The molecular formula is C24H32N4O3S2. The maximum absolute atomic E-state index is 12.9. The maximum Gasteiger partial charge on any atom is 0.243 e. The van der Waals surface area contributed by atoms with Crippen molar-refractivity contribution in [3.8, 4) is 0 Å². The SMILES string of the molecule is CCN(CC)S(=O)(=O)c1ccc2c(c1)nc(SC(C)C(=O)NCc1ccc(C)cc1)n2CC. The summed E-state index contributed by atoms with van der Waals surface area (Å²) in [5.41, 5.74) is 3.69. The van der Waals surface area contributed by atoms with E-state index in [0.717, 1.165) is 11.1 Å². The molecule has 0 fully saturated rings. The summed E-state index contributed by atoms with van der Waals surface area (Å²) in [6.45, 7) is 11.5. The number of thioether (sulfide) groups is 1. The number of rotatable bonds is 10. The molecule has 7 nitrogen and oxygen atoms in total. The van der Waals surface area contributed by atoms with Crippen LogP contribution >= 0.6 is 11.8 Å². The Balaban J connectivity index is 1.79. The monoisotopic (exact) mass is 488 g/mol. The van der Waals surface area contributed by atoms with Crippen LogP contribution in [0.2, 0.25) is 0 Å². The van der Waals surface area contributed by atoms with Crippen LogP contribution < -0.4 is 5.32 Å². The molecule has 33 heavy (non-hydrogen) atoms. The first-order valence-electron chi connectivity index (χ1n) is 11.2. The lowest BCUT2D eigenvalue weighted by Gasteiger charge is -2.18. The van der Waals surface area contributed by atoms with E-state index in [4.69, 9.17) is 0 Å².